The Morgan fingerprint density at radius 1 is 1.59 bits per heavy atom. The molecule has 0 fully saturated rings. The Hall–Kier alpha value is -2.35. The molecule has 0 saturated carbocycles. The number of carbonyl (C=O) groups excluding carboxylic acids is 2. The molecule has 0 aliphatic carbocycles. The molecule has 1 N–H and O–H groups in total. The molecule has 86 valence electrons. The number of benzene rings is 1. The number of likely N-dealkylation sites (N-methyl/N-ethyl adjacent to an activating group) is 1. The number of nitrogens with zero attached hydrogens (tertiary/aromatic N) is 2. The first-order chi connectivity index (χ1) is 8.11. The molecule has 1 heterocycles. The van der Waals surface area contributed by atoms with E-state index in [1.165, 1.54) is 0 Å². The van der Waals surface area contributed by atoms with Crippen LogP contribution in [0.25, 0.3) is 0 Å². The van der Waals surface area contributed by atoms with Crippen molar-refractivity contribution in [3.63, 3.8) is 0 Å². The lowest BCUT2D eigenvalue weighted by molar-refractivity contribution is -0.117. The summed E-state index contributed by atoms with van der Waals surface area (Å²) in [5.74, 6) is -0.306. The van der Waals surface area contributed by atoms with Gasteiger partial charge in [0, 0.05) is 18.4 Å². The Balaban J connectivity index is 2.21. The van der Waals surface area contributed by atoms with Crippen molar-refractivity contribution in [1.29, 1.82) is 5.26 Å². The number of rotatable bonds is 2. The monoisotopic (exact) mass is 229 g/mol. The summed E-state index contributed by atoms with van der Waals surface area (Å²) in [7, 11) is 1.70. The zero-order valence-electron chi connectivity index (χ0n) is 9.36. The van der Waals surface area contributed by atoms with Crippen LogP contribution in [0.3, 0.4) is 0 Å². The number of carbonyl (C=O) groups is 2. The molecule has 0 saturated heterocycles. The lowest BCUT2D eigenvalue weighted by Gasteiger charge is -2.11. The summed E-state index contributed by atoms with van der Waals surface area (Å²) >= 11 is 0. The molecule has 17 heavy (non-hydrogen) atoms. The Morgan fingerprint density at radius 2 is 2.35 bits per heavy atom. The average Bonchev–Trinajstić information content (AvgIpc) is 2.56. The number of nitriles is 1. The number of anilines is 2. The van der Waals surface area contributed by atoms with Gasteiger partial charge < -0.3 is 10.2 Å². The van der Waals surface area contributed by atoms with E-state index in [0.717, 1.165) is 11.3 Å². The lowest BCUT2D eigenvalue weighted by atomic mass is 10.1. The van der Waals surface area contributed by atoms with E-state index in [2.05, 4.69) is 5.32 Å². The van der Waals surface area contributed by atoms with Crippen molar-refractivity contribution < 1.29 is 9.59 Å². The molecule has 0 bridgehead atoms. The summed E-state index contributed by atoms with van der Waals surface area (Å²) in [5, 5.41) is 11.0. The molecule has 5 nitrogen and oxygen atoms in total. The fraction of sp³-hybridized carbons (Fsp3) is 0.250. The maximum atomic E-state index is 11.5. The van der Waals surface area contributed by atoms with E-state index in [1.54, 1.807) is 30.1 Å². The van der Waals surface area contributed by atoms with E-state index in [9.17, 15) is 9.59 Å². The van der Waals surface area contributed by atoms with Gasteiger partial charge >= 0.3 is 0 Å². The number of fused-ring (bicyclic) bond motifs is 1. The highest BCUT2D eigenvalue weighted by atomic mass is 16.2. The van der Waals surface area contributed by atoms with Crippen molar-refractivity contribution in [2.75, 3.05) is 17.3 Å². The lowest BCUT2D eigenvalue weighted by Crippen LogP contribution is -2.20. The van der Waals surface area contributed by atoms with Crippen LogP contribution in [0.15, 0.2) is 18.2 Å². The van der Waals surface area contributed by atoms with Gasteiger partial charge in [-0.3, -0.25) is 9.59 Å². The number of nitrogens with one attached hydrogen (secondary N) is 1. The van der Waals surface area contributed by atoms with E-state index < -0.39 is 0 Å². The minimum absolute atomic E-state index is 0.0421. The fourth-order valence-corrected chi connectivity index (χ4v) is 1.80. The second kappa shape index (κ2) is 4.26. The topological polar surface area (TPSA) is 73.2 Å². The molecule has 0 radical (unpaired) electrons. The summed E-state index contributed by atoms with van der Waals surface area (Å²) in [6.07, 6.45) is 0.226. The van der Waals surface area contributed by atoms with Gasteiger partial charge in [0.15, 0.2) is 0 Å². The Labute approximate surface area is 98.6 Å². The predicted octanol–water partition coefficient (Wildman–Crippen LogP) is 1.06. The van der Waals surface area contributed by atoms with Crippen LogP contribution in [-0.2, 0) is 16.0 Å². The van der Waals surface area contributed by atoms with Crippen molar-refractivity contribution in [3.05, 3.63) is 23.8 Å². The minimum atomic E-state index is -0.348. The van der Waals surface area contributed by atoms with Gasteiger partial charge in [0.25, 0.3) is 0 Å². The van der Waals surface area contributed by atoms with E-state index in [1.807, 2.05) is 6.07 Å². The number of hydrogen-bond acceptors (Lipinski definition) is 3. The molecular weight excluding hydrogens is 218 g/mol. The highest BCUT2D eigenvalue weighted by molar-refractivity contribution is 6.02. The van der Waals surface area contributed by atoms with Gasteiger partial charge in [-0.05, 0) is 17.7 Å². The summed E-state index contributed by atoms with van der Waals surface area (Å²) in [6, 6.07) is 7.08. The van der Waals surface area contributed by atoms with E-state index in [0.29, 0.717) is 12.1 Å². The van der Waals surface area contributed by atoms with E-state index in [4.69, 9.17) is 5.26 Å². The molecule has 1 aromatic rings. The largest absolute Gasteiger partial charge is 0.325 e. The van der Waals surface area contributed by atoms with Gasteiger partial charge in [-0.2, -0.15) is 5.26 Å². The zero-order valence-corrected chi connectivity index (χ0v) is 9.36. The Morgan fingerprint density at radius 3 is 3.06 bits per heavy atom. The number of amides is 2. The summed E-state index contributed by atoms with van der Waals surface area (Å²) in [5.41, 5.74) is 2.37. The molecule has 5 heteroatoms. The maximum absolute atomic E-state index is 11.5. The molecule has 1 aliphatic heterocycles. The van der Waals surface area contributed by atoms with Gasteiger partial charge in [0.05, 0.1) is 12.5 Å². The molecule has 0 aromatic heterocycles. The van der Waals surface area contributed by atoms with Crippen molar-refractivity contribution in [2.24, 2.45) is 0 Å². The average molecular weight is 229 g/mol. The van der Waals surface area contributed by atoms with Crippen LogP contribution in [0.4, 0.5) is 11.4 Å². The molecule has 1 aromatic carbocycles. The van der Waals surface area contributed by atoms with Crippen LogP contribution in [0, 0.1) is 11.3 Å². The van der Waals surface area contributed by atoms with Crippen LogP contribution in [-0.4, -0.2) is 18.9 Å². The van der Waals surface area contributed by atoms with Crippen LogP contribution in [0.1, 0.15) is 12.0 Å². The van der Waals surface area contributed by atoms with Crippen LogP contribution < -0.4 is 10.2 Å². The maximum Gasteiger partial charge on any atom is 0.238 e. The van der Waals surface area contributed by atoms with Crippen LogP contribution in [0.5, 0.6) is 0 Å². The highest BCUT2D eigenvalue weighted by Crippen LogP contribution is 2.30. The molecule has 1 aliphatic rings. The first kappa shape index (κ1) is 11.1. The Bertz CT molecular complexity index is 531. The van der Waals surface area contributed by atoms with Crippen LogP contribution >= 0.6 is 0 Å². The summed E-state index contributed by atoms with van der Waals surface area (Å²) in [6.45, 7) is 0. The number of hydrogen-bond donors (Lipinski definition) is 1. The second-order valence-corrected chi connectivity index (χ2v) is 3.86. The smallest absolute Gasteiger partial charge is 0.238 e. The van der Waals surface area contributed by atoms with Crippen molar-refractivity contribution in [3.8, 4) is 6.07 Å². The molecule has 0 atom stereocenters. The standard InChI is InChI=1S/C12H11N3O2/c1-15-10-7-9(14-11(16)4-5-13)3-2-8(10)6-12(15)17/h2-3,7H,4,6H2,1H3,(H,14,16). The van der Waals surface area contributed by atoms with E-state index in [-0.39, 0.29) is 18.2 Å². The third kappa shape index (κ3) is 2.11. The van der Waals surface area contributed by atoms with Crippen molar-refractivity contribution in [2.45, 2.75) is 12.8 Å². The zero-order chi connectivity index (χ0) is 12.4. The normalized spacial score (nSPS) is 13.2. The summed E-state index contributed by atoms with van der Waals surface area (Å²) < 4.78 is 0. The second-order valence-electron chi connectivity index (χ2n) is 3.86. The molecule has 0 spiro atoms. The van der Waals surface area contributed by atoms with Gasteiger partial charge in [-0.25, -0.2) is 0 Å². The van der Waals surface area contributed by atoms with Gasteiger partial charge in [-0.15, -0.1) is 0 Å². The van der Waals surface area contributed by atoms with Crippen molar-refractivity contribution in [1.82, 2.24) is 0 Å². The minimum Gasteiger partial charge on any atom is -0.325 e. The molecule has 0 unspecified atom stereocenters. The first-order valence-corrected chi connectivity index (χ1v) is 5.18. The van der Waals surface area contributed by atoms with Crippen molar-refractivity contribution >= 4 is 23.2 Å². The Kier molecular flexibility index (Phi) is 2.79. The summed E-state index contributed by atoms with van der Waals surface area (Å²) in [4.78, 5) is 24.3. The molecule has 2 rings (SSSR count). The van der Waals surface area contributed by atoms with Gasteiger partial charge in [0.2, 0.25) is 11.8 Å². The third-order valence-electron chi connectivity index (χ3n) is 2.69. The van der Waals surface area contributed by atoms with Gasteiger partial charge in [-0.1, -0.05) is 6.07 Å². The first-order valence-electron chi connectivity index (χ1n) is 5.18. The fourth-order valence-electron chi connectivity index (χ4n) is 1.80. The predicted molar refractivity (Wildman–Crippen MR) is 62.4 cm³/mol. The third-order valence-corrected chi connectivity index (χ3v) is 2.69. The SMILES string of the molecule is CN1C(=O)Cc2ccc(NC(=O)CC#N)cc21. The molecule has 2 amide bonds. The van der Waals surface area contributed by atoms with Gasteiger partial charge in [0.1, 0.15) is 6.42 Å². The molecular formula is C12H11N3O2. The quantitative estimate of drug-likeness (QED) is 0.824. The van der Waals surface area contributed by atoms with Crippen LogP contribution in [0.2, 0.25) is 0 Å². The highest BCUT2D eigenvalue weighted by Gasteiger charge is 2.23. The van der Waals surface area contributed by atoms with E-state index >= 15 is 0 Å².